The van der Waals surface area contributed by atoms with Gasteiger partial charge in [0.2, 0.25) is 5.91 Å². The Morgan fingerprint density at radius 2 is 2.00 bits per heavy atom. The lowest BCUT2D eigenvalue weighted by atomic mass is 10.1. The summed E-state index contributed by atoms with van der Waals surface area (Å²) in [5.41, 5.74) is 2.00. The molecule has 0 radical (unpaired) electrons. The molecule has 1 amide bonds. The van der Waals surface area contributed by atoms with Crippen molar-refractivity contribution in [1.29, 1.82) is 0 Å². The van der Waals surface area contributed by atoms with Gasteiger partial charge in [0.15, 0.2) is 0 Å². The summed E-state index contributed by atoms with van der Waals surface area (Å²) in [5.74, 6) is 1.38. The van der Waals surface area contributed by atoms with Crippen molar-refractivity contribution in [3.05, 3.63) is 45.2 Å². The Morgan fingerprint density at radius 1 is 1.27 bits per heavy atom. The maximum absolute atomic E-state index is 12.4. The van der Waals surface area contributed by atoms with Crippen molar-refractivity contribution in [2.24, 2.45) is 0 Å². The minimum Gasteiger partial charge on any atom is -0.342 e. The second-order valence-corrected chi connectivity index (χ2v) is 7.40. The Morgan fingerprint density at radius 3 is 2.64 bits per heavy atom. The van der Waals surface area contributed by atoms with Crippen LogP contribution in [0.3, 0.4) is 0 Å². The summed E-state index contributed by atoms with van der Waals surface area (Å²) in [5, 5.41) is 0. The number of carbonyl (C=O) groups excluding carboxylic acids is 1. The van der Waals surface area contributed by atoms with Crippen LogP contribution in [0.25, 0.3) is 0 Å². The van der Waals surface area contributed by atoms with E-state index in [1.54, 1.807) is 11.3 Å². The van der Waals surface area contributed by atoms with E-state index in [2.05, 4.69) is 29.0 Å². The van der Waals surface area contributed by atoms with Crippen LogP contribution in [0.15, 0.2) is 18.2 Å². The molecule has 1 aliphatic rings. The van der Waals surface area contributed by atoms with Crippen molar-refractivity contribution in [3.8, 4) is 0 Å². The summed E-state index contributed by atoms with van der Waals surface area (Å²) in [7, 11) is 0. The fourth-order valence-electron chi connectivity index (χ4n) is 2.97. The quantitative estimate of drug-likeness (QED) is 0.874. The van der Waals surface area contributed by atoms with Crippen LogP contribution in [0.5, 0.6) is 0 Å². The lowest BCUT2D eigenvalue weighted by molar-refractivity contribution is -0.129. The fourth-order valence-corrected chi connectivity index (χ4v) is 3.86. The first-order valence-corrected chi connectivity index (χ1v) is 8.48. The van der Waals surface area contributed by atoms with Gasteiger partial charge in [-0.3, -0.25) is 4.79 Å². The largest absolute Gasteiger partial charge is 0.342 e. The molecule has 4 nitrogen and oxygen atoms in total. The highest BCUT2D eigenvalue weighted by Crippen LogP contribution is 2.26. The molecule has 22 heavy (non-hydrogen) atoms. The van der Waals surface area contributed by atoms with E-state index in [-0.39, 0.29) is 11.8 Å². The number of carbonyl (C=O) groups is 1. The molecule has 116 valence electrons. The summed E-state index contributed by atoms with van der Waals surface area (Å²) in [6.07, 6.45) is 1.47. The van der Waals surface area contributed by atoms with Crippen LogP contribution in [0.1, 0.15) is 39.3 Å². The highest BCUT2D eigenvalue weighted by atomic mass is 32.1. The summed E-state index contributed by atoms with van der Waals surface area (Å²) in [6, 6.07) is 6.11. The van der Waals surface area contributed by atoms with Crippen LogP contribution >= 0.6 is 11.3 Å². The second kappa shape index (κ2) is 6.16. The normalized spacial score (nSPS) is 18.0. The lowest BCUT2D eigenvalue weighted by Gasteiger charge is -2.16. The molecule has 0 aliphatic carbocycles. The Balaban J connectivity index is 1.65. The van der Waals surface area contributed by atoms with Crippen molar-refractivity contribution in [3.63, 3.8) is 0 Å². The Kier molecular flexibility index (Phi) is 4.25. The molecule has 1 atom stereocenters. The van der Waals surface area contributed by atoms with Gasteiger partial charge in [-0.2, -0.15) is 0 Å². The number of aromatic nitrogens is 2. The summed E-state index contributed by atoms with van der Waals surface area (Å²) in [6.45, 7) is 7.61. The molecule has 0 aromatic carbocycles. The Bertz CT molecular complexity index is 675. The first kappa shape index (κ1) is 15.2. The molecule has 3 rings (SSSR count). The van der Waals surface area contributed by atoms with Gasteiger partial charge < -0.3 is 4.90 Å². The minimum absolute atomic E-state index is 0.216. The lowest BCUT2D eigenvalue weighted by Crippen LogP contribution is -2.29. The molecule has 0 saturated carbocycles. The van der Waals surface area contributed by atoms with Gasteiger partial charge in [-0.1, -0.05) is 0 Å². The van der Waals surface area contributed by atoms with Crippen LogP contribution in [0.4, 0.5) is 0 Å². The van der Waals surface area contributed by atoms with E-state index in [0.717, 1.165) is 41.6 Å². The first-order chi connectivity index (χ1) is 10.5. The molecular formula is C17H21N3OS. The summed E-state index contributed by atoms with van der Waals surface area (Å²) >= 11 is 1.70. The molecule has 1 fully saturated rings. The SMILES string of the molecule is Cc1cc(C)nc([C@H]2CCN(C(=O)Cc3ccc(C)s3)C2)n1. The minimum atomic E-state index is 0.216. The smallest absolute Gasteiger partial charge is 0.227 e. The van der Waals surface area contributed by atoms with Gasteiger partial charge in [0, 0.05) is 40.1 Å². The zero-order chi connectivity index (χ0) is 15.7. The van der Waals surface area contributed by atoms with Gasteiger partial charge in [-0.25, -0.2) is 9.97 Å². The molecule has 1 aliphatic heterocycles. The van der Waals surface area contributed by atoms with E-state index in [4.69, 9.17) is 0 Å². The van der Waals surface area contributed by atoms with E-state index in [1.807, 2.05) is 24.8 Å². The van der Waals surface area contributed by atoms with Crippen LogP contribution in [0, 0.1) is 20.8 Å². The maximum atomic E-state index is 12.4. The van der Waals surface area contributed by atoms with E-state index in [1.165, 1.54) is 4.88 Å². The van der Waals surface area contributed by atoms with Crippen molar-refractivity contribution < 1.29 is 4.79 Å². The van der Waals surface area contributed by atoms with Gasteiger partial charge in [0.1, 0.15) is 5.82 Å². The standard InChI is InChI=1S/C17H21N3OS/c1-11-8-12(2)19-17(18-11)14-6-7-20(10-14)16(21)9-15-5-4-13(3)22-15/h4-5,8,14H,6-7,9-10H2,1-3H3/t14-/m0/s1. The highest BCUT2D eigenvalue weighted by molar-refractivity contribution is 7.12. The summed E-state index contributed by atoms with van der Waals surface area (Å²) < 4.78 is 0. The van der Waals surface area contributed by atoms with Crippen LogP contribution in [-0.4, -0.2) is 33.9 Å². The van der Waals surface area contributed by atoms with Crippen molar-refractivity contribution in [1.82, 2.24) is 14.9 Å². The molecule has 0 unspecified atom stereocenters. The molecule has 0 bridgehead atoms. The Labute approximate surface area is 135 Å². The second-order valence-electron chi connectivity index (χ2n) is 6.02. The zero-order valence-electron chi connectivity index (χ0n) is 13.3. The van der Waals surface area contributed by atoms with Crippen LogP contribution < -0.4 is 0 Å². The van der Waals surface area contributed by atoms with Crippen molar-refractivity contribution in [2.45, 2.75) is 39.5 Å². The zero-order valence-corrected chi connectivity index (χ0v) is 14.1. The predicted octanol–water partition coefficient (Wildman–Crippen LogP) is 3.02. The first-order valence-electron chi connectivity index (χ1n) is 7.66. The highest BCUT2D eigenvalue weighted by Gasteiger charge is 2.29. The van der Waals surface area contributed by atoms with Gasteiger partial charge in [-0.05, 0) is 45.4 Å². The monoisotopic (exact) mass is 315 g/mol. The van der Waals surface area contributed by atoms with Crippen LogP contribution in [-0.2, 0) is 11.2 Å². The molecular weight excluding hydrogens is 294 g/mol. The van der Waals surface area contributed by atoms with Crippen molar-refractivity contribution in [2.75, 3.05) is 13.1 Å². The molecule has 0 spiro atoms. The molecule has 1 saturated heterocycles. The molecule has 0 N–H and O–H groups in total. The van der Waals surface area contributed by atoms with Crippen molar-refractivity contribution >= 4 is 17.2 Å². The van der Waals surface area contributed by atoms with Gasteiger partial charge in [0.05, 0.1) is 6.42 Å². The molecule has 2 aromatic heterocycles. The molecule has 3 heterocycles. The van der Waals surface area contributed by atoms with Gasteiger partial charge >= 0.3 is 0 Å². The fraction of sp³-hybridized carbons (Fsp3) is 0.471. The summed E-state index contributed by atoms with van der Waals surface area (Å²) in [4.78, 5) is 25.9. The molecule has 5 heteroatoms. The average Bonchev–Trinajstić information content (AvgIpc) is 3.07. The average molecular weight is 315 g/mol. The predicted molar refractivity (Wildman–Crippen MR) is 88.2 cm³/mol. The molecule has 2 aromatic rings. The number of hydrogen-bond acceptors (Lipinski definition) is 4. The topological polar surface area (TPSA) is 46.1 Å². The van der Waals surface area contributed by atoms with E-state index < -0.39 is 0 Å². The third kappa shape index (κ3) is 3.35. The van der Waals surface area contributed by atoms with E-state index in [9.17, 15) is 4.79 Å². The number of amides is 1. The van der Waals surface area contributed by atoms with Gasteiger partial charge in [-0.15, -0.1) is 11.3 Å². The third-order valence-corrected chi connectivity index (χ3v) is 5.03. The van der Waals surface area contributed by atoms with Crippen LogP contribution in [0.2, 0.25) is 0 Å². The maximum Gasteiger partial charge on any atom is 0.227 e. The number of likely N-dealkylation sites (tertiary alicyclic amines) is 1. The third-order valence-electron chi connectivity index (χ3n) is 4.03. The number of hydrogen-bond donors (Lipinski definition) is 0. The number of nitrogens with zero attached hydrogens (tertiary/aromatic N) is 3. The van der Waals surface area contributed by atoms with E-state index >= 15 is 0 Å². The Hall–Kier alpha value is -1.75. The van der Waals surface area contributed by atoms with Gasteiger partial charge in [0.25, 0.3) is 0 Å². The number of aryl methyl sites for hydroxylation is 3. The number of rotatable bonds is 3. The van der Waals surface area contributed by atoms with E-state index in [0.29, 0.717) is 6.42 Å². The number of thiophene rings is 1.